The lowest BCUT2D eigenvalue weighted by Gasteiger charge is -2.34. The number of rotatable bonds is 4. The first-order valence-corrected chi connectivity index (χ1v) is 6.65. The largest absolute Gasteiger partial charge is 0.377 e. The van der Waals surface area contributed by atoms with Crippen LogP contribution in [0, 0.1) is 0 Å². The Labute approximate surface area is 110 Å². The molecular weight excluding hydrogens is 224 g/mol. The molecule has 1 aliphatic heterocycles. The molecule has 0 aliphatic carbocycles. The van der Waals surface area contributed by atoms with Crippen molar-refractivity contribution in [2.45, 2.75) is 44.4 Å². The van der Waals surface area contributed by atoms with Crippen molar-refractivity contribution in [1.82, 2.24) is 5.32 Å². The molecule has 3 N–H and O–H groups in total. The molecule has 3 atom stereocenters. The molecule has 18 heavy (non-hydrogen) atoms. The van der Waals surface area contributed by atoms with Crippen LogP contribution in [0.25, 0.3) is 0 Å². The van der Waals surface area contributed by atoms with E-state index in [0.29, 0.717) is 0 Å². The van der Waals surface area contributed by atoms with E-state index in [2.05, 4.69) is 38.2 Å². The molecule has 3 heteroatoms. The topological polar surface area (TPSA) is 47.3 Å². The molecule has 0 saturated carbocycles. The van der Waals surface area contributed by atoms with Crippen molar-refractivity contribution in [2.24, 2.45) is 5.73 Å². The van der Waals surface area contributed by atoms with E-state index in [1.165, 1.54) is 0 Å². The molecule has 0 aromatic heterocycles. The fraction of sp³-hybridized carbons (Fsp3) is 0.600. The summed E-state index contributed by atoms with van der Waals surface area (Å²) < 4.78 is 5.64. The lowest BCUT2D eigenvalue weighted by atomic mass is 9.89. The van der Waals surface area contributed by atoms with Crippen LogP contribution in [-0.4, -0.2) is 24.8 Å². The molecule has 0 spiro atoms. The number of hydrogen-bond donors (Lipinski definition) is 2. The van der Waals surface area contributed by atoms with Crippen LogP contribution in [0.1, 0.15) is 32.8 Å². The molecule has 2 rings (SSSR count). The predicted octanol–water partition coefficient (Wildman–Crippen LogP) is 2.02. The first-order chi connectivity index (χ1) is 8.44. The summed E-state index contributed by atoms with van der Waals surface area (Å²) in [6.45, 7) is 7.99. The minimum Gasteiger partial charge on any atom is -0.377 e. The van der Waals surface area contributed by atoms with Crippen LogP contribution in [0.4, 0.5) is 0 Å². The quantitative estimate of drug-likeness (QED) is 0.857. The highest BCUT2D eigenvalue weighted by molar-refractivity contribution is 5.23. The highest BCUT2D eigenvalue weighted by Gasteiger charge is 2.38. The molecule has 3 unspecified atom stereocenters. The van der Waals surface area contributed by atoms with Crippen LogP contribution in [0.3, 0.4) is 0 Å². The SMILES string of the molecule is CC1OCCC1(C)NCC(C)(N)c1ccccc1. The van der Waals surface area contributed by atoms with Gasteiger partial charge >= 0.3 is 0 Å². The Morgan fingerprint density at radius 2 is 2.11 bits per heavy atom. The van der Waals surface area contributed by atoms with E-state index < -0.39 is 0 Å². The van der Waals surface area contributed by atoms with Crippen LogP contribution >= 0.6 is 0 Å². The summed E-state index contributed by atoms with van der Waals surface area (Å²) in [6, 6.07) is 10.2. The van der Waals surface area contributed by atoms with E-state index in [1.807, 2.05) is 18.2 Å². The maximum atomic E-state index is 6.42. The van der Waals surface area contributed by atoms with Crippen LogP contribution in [0.5, 0.6) is 0 Å². The Hall–Kier alpha value is -0.900. The van der Waals surface area contributed by atoms with Gasteiger partial charge in [0.1, 0.15) is 0 Å². The monoisotopic (exact) mass is 248 g/mol. The van der Waals surface area contributed by atoms with Gasteiger partial charge in [0, 0.05) is 18.7 Å². The van der Waals surface area contributed by atoms with Crippen LogP contribution in [0.15, 0.2) is 30.3 Å². The van der Waals surface area contributed by atoms with Crippen molar-refractivity contribution in [2.75, 3.05) is 13.2 Å². The molecule has 3 nitrogen and oxygen atoms in total. The summed E-state index contributed by atoms with van der Waals surface area (Å²) >= 11 is 0. The summed E-state index contributed by atoms with van der Waals surface area (Å²) in [5.74, 6) is 0. The molecule has 100 valence electrons. The third kappa shape index (κ3) is 2.74. The van der Waals surface area contributed by atoms with Crippen molar-refractivity contribution in [3.05, 3.63) is 35.9 Å². The minimum absolute atomic E-state index is 0.0371. The Kier molecular flexibility index (Phi) is 3.76. The van der Waals surface area contributed by atoms with E-state index in [-0.39, 0.29) is 17.2 Å². The average molecular weight is 248 g/mol. The molecular formula is C15H24N2O. The van der Waals surface area contributed by atoms with Gasteiger partial charge in [0.25, 0.3) is 0 Å². The summed E-state index contributed by atoms with van der Waals surface area (Å²) in [7, 11) is 0. The number of nitrogens with two attached hydrogens (primary N) is 1. The molecule has 1 aromatic carbocycles. The number of hydrogen-bond acceptors (Lipinski definition) is 3. The van der Waals surface area contributed by atoms with Crippen molar-refractivity contribution in [1.29, 1.82) is 0 Å². The van der Waals surface area contributed by atoms with Gasteiger partial charge in [-0.2, -0.15) is 0 Å². The summed E-state index contributed by atoms with van der Waals surface area (Å²) in [4.78, 5) is 0. The maximum absolute atomic E-state index is 6.42. The van der Waals surface area contributed by atoms with Gasteiger partial charge in [0.05, 0.1) is 11.6 Å². The molecule has 1 saturated heterocycles. The Balaban J connectivity index is 2.01. The Morgan fingerprint density at radius 1 is 1.44 bits per heavy atom. The van der Waals surface area contributed by atoms with Crippen LogP contribution < -0.4 is 11.1 Å². The Bertz CT molecular complexity index is 391. The second kappa shape index (κ2) is 5.00. The number of nitrogens with one attached hydrogen (secondary N) is 1. The van der Waals surface area contributed by atoms with Gasteiger partial charge < -0.3 is 15.8 Å². The smallest absolute Gasteiger partial charge is 0.0726 e. The van der Waals surface area contributed by atoms with Crippen molar-refractivity contribution < 1.29 is 4.74 Å². The lowest BCUT2D eigenvalue weighted by Crippen LogP contribution is -2.54. The van der Waals surface area contributed by atoms with Gasteiger partial charge in [-0.25, -0.2) is 0 Å². The zero-order valence-electron chi connectivity index (χ0n) is 11.6. The molecule has 1 heterocycles. The van der Waals surface area contributed by atoms with E-state index in [1.54, 1.807) is 0 Å². The molecule has 1 aromatic rings. The fourth-order valence-electron chi connectivity index (χ4n) is 2.37. The lowest BCUT2D eigenvalue weighted by molar-refractivity contribution is 0.0866. The van der Waals surface area contributed by atoms with Crippen molar-refractivity contribution in [3.63, 3.8) is 0 Å². The van der Waals surface area contributed by atoms with E-state index in [0.717, 1.165) is 25.1 Å². The molecule has 1 aliphatic rings. The zero-order chi connectivity index (χ0) is 13.2. The fourth-order valence-corrected chi connectivity index (χ4v) is 2.37. The van der Waals surface area contributed by atoms with Gasteiger partial charge in [0.2, 0.25) is 0 Å². The third-order valence-corrected chi connectivity index (χ3v) is 4.18. The van der Waals surface area contributed by atoms with Gasteiger partial charge in [-0.15, -0.1) is 0 Å². The highest BCUT2D eigenvalue weighted by Crippen LogP contribution is 2.26. The molecule has 1 fully saturated rings. The average Bonchev–Trinajstić information content (AvgIpc) is 2.69. The third-order valence-electron chi connectivity index (χ3n) is 4.18. The van der Waals surface area contributed by atoms with Gasteiger partial charge in [0.15, 0.2) is 0 Å². The van der Waals surface area contributed by atoms with Crippen molar-refractivity contribution in [3.8, 4) is 0 Å². The van der Waals surface area contributed by atoms with E-state index in [4.69, 9.17) is 10.5 Å². The van der Waals surface area contributed by atoms with Crippen LogP contribution in [0.2, 0.25) is 0 Å². The maximum Gasteiger partial charge on any atom is 0.0726 e. The first kappa shape index (κ1) is 13.5. The van der Waals surface area contributed by atoms with Gasteiger partial charge in [-0.3, -0.25) is 0 Å². The van der Waals surface area contributed by atoms with E-state index in [9.17, 15) is 0 Å². The summed E-state index contributed by atoms with van der Waals surface area (Å²) in [5, 5.41) is 3.60. The second-order valence-corrected chi connectivity index (χ2v) is 5.82. The summed E-state index contributed by atoms with van der Waals surface area (Å²) in [6.07, 6.45) is 1.28. The summed E-state index contributed by atoms with van der Waals surface area (Å²) in [5.41, 5.74) is 7.26. The predicted molar refractivity (Wildman–Crippen MR) is 74.4 cm³/mol. The van der Waals surface area contributed by atoms with Crippen LogP contribution in [-0.2, 0) is 10.3 Å². The minimum atomic E-state index is -0.355. The first-order valence-electron chi connectivity index (χ1n) is 6.65. The highest BCUT2D eigenvalue weighted by atomic mass is 16.5. The van der Waals surface area contributed by atoms with Crippen molar-refractivity contribution >= 4 is 0 Å². The molecule has 0 radical (unpaired) electrons. The van der Waals surface area contributed by atoms with Gasteiger partial charge in [-0.1, -0.05) is 30.3 Å². The van der Waals surface area contributed by atoms with Gasteiger partial charge in [-0.05, 0) is 32.8 Å². The second-order valence-electron chi connectivity index (χ2n) is 5.82. The van der Waals surface area contributed by atoms with E-state index >= 15 is 0 Å². The molecule has 0 bridgehead atoms. The number of benzene rings is 1. The zero-order valence-corrected chi connectivity index (χ0v) is 11.6. The standard InChI is InChI=1S/C15H24N2O/c1-12-15(3,9-10-18-12)17-11-14(2,16)13-7-5-4-6-8-13/h4-8,12,17H,9-11,16H2,1-3H3. The normalized spacial score (nSPS) is 31.2. The molecule has 0 amide bonds. The number of ether oxygens (including phenoxy) is 1. The Morgan fingerprint density at radius 3 is 2.67 bits per heavy atom.